The highest BCUT2D eigenvalue weighted by molar-refractivity contribution is 6.11. The molecule has 6 nitrogen and oxygen atoms in total. The molecule has 57 heavy (non-hydrogen) atoms. The van der Waals surface area contributed by atoms with Gasteiger partial charge < -0.3 is 13.6 Å². The quantitative estimate of drug-likeness (QED) is 0.181. The predicted octanol–water partition coefficient (Wildman–Crippen LogP) is 12.5. The maximum absolute atomic E-state index is 9.85. The summed E-state index contributed by atoms with van der Waals surface area (Å²) in [5, 5.41) is 16.6. The minimum absolute atomic E-state index is 0.156. The van der Waals surface area contributed by atoms with Gasteiger partial charge in [-0.05, 0) is 90.8 Å². The lowest BCUT2D eigenvalue weighted by atomic mass is 9.85. The summed E-state index contributed by atoms with van der Waals surface area (Å²) in [5.41, 5.74) is 13.4. The third-order valence-electron chi connectivity index (χ3n) is 11.8. The fraction of sp³-hybridized carbons (Fsp3) is 0.0392. The number of hydrogen-bond donors (Lipinski definition) is 0. The molecule has 12 rings (SSSR count). The van der Waals surface area contributed by atoms with Crippen LogP contribution in [0.1, 0.15) is 28.4 Å². The second kappa shape index (κ2) is 12.1. The minimum atomic E-state index is 0.156. The zero-order chi connectivity index (χ0) is 37.6. The van der Waals surface area contributed by atoms with E-state index in [1.807, 2.05) is 36.4 Å². The zero-order valence-electron chi connectivity index (χ0n) is 30.6. The third-order valence-corrected chi connectivity index (χ3v) is 11.8. The number of nitrogens with zero attached hydrogens (tertiary/aromatic N) is 5. The van der Waals surface area contributed by atoms with Crippen molar-refractivity contribution in [3.8, 4) is 28.8 Å². The minimum Gasteiger partial charge on any atom is -0.456 e. The van der Waals surface area contributed by atoms with Crippen molar-refractivity contribution in [3.05, 3.63) is 186 Å². The predicted molar refractivity (Wildman–Crippen MR) is 230 cm³/mol. The largest absolute Gasteiger partial charge is 0.456 e. The van der Waals surface area contributed by atoms with Crippen LogP contribution in [-0.2, 0) is 6.42 Å². The fourth-order valence-corrected chi connectivity index (χ4v) is 9.24. The summed E-state index contributed by atoms with van der Waals surface area (Å²) in [6.07, 6.45) is 5.60. The highest BCUT2D eigenvalue weighted by atomic mass is 16.3. The van der Waals surface area contributed by atoms with Gasteiger partial charge in [-0.2, -0.15) is 5.26 Å². The SMILES string of the molecule is N#Cc1nc(-c2ccc(-n3c4ccccc4c4c(C5C=Cc6c(n(-c7ccc8oc9ccccc9c8c7)c7ccccc67)C5)cccc43)cc2)nc2ccccc12. The fourth-order valence-electron chi connectivity index (χ4n) is 9.24. The maximum atomic E-state index is 9.85. The maximum Gasteiger partial charge on any atom is 0.161 e. The molecule has 0 fully saturated rings. The Morgan fingerprint density at radius 1 is 0.579 bits per heavy atom. The van der Waals surface area contributed by atoms with E-state index in [0.29, 0.717) is 11.5 Å². The van der Waals surface area contributed by atoms with Crippen LogP contribution >= 0.6 is 0 Å². The van der Waals surface area contributed by atoms with Crippen molar-refractivity contribution < 1.29 is 4.42 Å². The first-order chi connectivity index (χ1) is 28.2. The van der Waals surface area contributed by atoms with Crippen LogP contribution < -0.4 is 0 Å². The van der Waals surface area contributed by atoms with Crippen LogP contribution in [0.25, 0.3) is 94.4 Å². The summed E-state index contributed by atoms with van der Waals surface area (Å²) in [6, 6.07) is 57.4. The molecule has 0 saturated carbocycles. The van der Waals surface area contributed by atoms with Gasteiger partial charge in [-0.3, -0.25) is 0 Å². The molecule has 11 aromatic rings. The molecule has 7 aromatic carbocycles. The molecule has 1 aliphatic carbocycles. The number of hydrogen-bond acceptors (Lipinski definition) is 4. The molecule has 0 radical (unpaired) electrons. The first kappa shape index (κ1) is 31.6. The monoisotopic (exact) mass is 729 g/mol. The molecule has 0 aliphatic heterocycles. The molecule has 0 saturated heterocycles. The first-order valence-electron chi connectivity index (χ1n) is 19.2. The Morgan fingerprint density at radius 2 is 1.26 bits per heavy atom. The number of aromatic nitrogens is 4. The molecule has 4 aromatic heterocycles. The number of benzene rings is 7. The van der Waals surface area contributed by atoms with E-state index in [-0.39, 0.29) is 5.92 Å². The number of para-hydroxylation sites is 4. The first-order valence-corrected chi connectivity index (χ1v) is 19.2. The molecule has 266 valence electrons. The molecule has 1 unspecified atom stereocenters. The van der Waals surface area contributed by atoms with Crippen LogP contribution in [0.2, 0.25) is 0 Å². The lowest BCUT2D eigenvalue weighted by Gasteiger charge is -2.22. The number of rotatable bonds is 4. The number of nitriles is 1. The van der Waals surface area contributed by atoms with E-state index in [9.17, 15) is 5.26 Å². The van der Waals surface area contributed by atoms with Gasteiger partial charge in [0, 0.05) is 66.4 Å². The van der Waals surface area contributed by atoms with Crippen molar-refractivity contribution in [2.45, 2.75) is 12.3 Å². The molecule has 1 atom stereocenters. The summed E-state index contributed by atoms with van der Waals surface area (Å²) in [5.74, 6) is 0.698. The van der Waals surface area contributed by atoms with Gasteiger partial charge in [-0.25, -0.2) is 9.97 Å². The van der Waals surface area contributed by atoms with Crippen molar-refractivity contribution in [2.75, 3.05) is 0 Å². The Labute approximate surface area is 326 Å². The average Bonchev–Trinajstić information content (AvgIpc) is 3.93. The molecule has 1 aliphatic rings. The van der Waals surface area contributed by atoms with E-state index in [2.05, 4.69) is 154 Å². The van der Waals surface area contributed by atoms with Gasteiger partial charge in [0.15, 0.2) is 11.5 Å². The number of fused-ring (bicyclic) bond motifs is 10. The molecular weight excluding hydrogens is 699 g/mol. The highest BCUT2D eigenvalue weighted by Gasteiger charge is 2.27. The second-order valence-electron chi connectivity index (χ2n) is 14.8. The van der Waals surface area contributed by atoms with E-state index in [1.165, 1.54) is 38.5 Å². The lowest BCUT2D eigenvalue weighted by molar-refractivity contribution is 0.669. The number of furan rings is 1. The average molecular weight is 730 g/mol. The van der Waals surface area contributed by atoms with Crippen LogP contribution in [0, 0.1) is 11.3 Å². The topological polar surface area (TPSA) is 72.6 Å². The van der Waals surface area contributed by atoms with E-state index in [0.717, 1.165) is 67.2 Å². The van der Waals surface area contributed by atoms with E-state index < -0.39 is 0 Å². The van der Waals surface area contributed by atoms with Gasteiger partial charge in [0.1, 0.15) is 17.2 Å². The van der Waals surface area contributed by atoms with Crippen LogP contribution in [0.5, 0.6) is 0 Å². The molecule has 0 spiro atoms. The Balaban J connectivity index is 0.982. The second-order valence-corrected chi connectivity index (χ2v) is 14.8. The summed E-state index contributed by atoms with van der Waals surface area (Å²) >= 11 is 0. The van der Waals surface area contributed by atoms with Gasteiger partial charge in [0.05, 0.1) is 22.1 Å². The van der Waals surface area contributed by atoms with E-state index in [4.69, 9.17) is 9.40 Å². The zero-order valence-corrected chi connectivity index (χ0v) is 30.6. The van der Waals surface area contributed by atoms with Gasteiger partial charge >= 0.3 is 0 Å². The van der Waals surface area contributed by atoms with Crippen molar-refractivity contribution in [2.24, 2.45) is 0 Å². The summed E-state index contributed by atoms with van der Waals surface area (Å²) in [6.45, 7) is 0. The van der Waals surface area contributed by atoms with Crippen molar-refractivity contribution >= 4 is 71.6 Å². The molecule has 0 amide bonds. The molecule has 0 N–H and O–H groups in total. The van der Waals surface area contributed by atoms with Gasteiger partial charge in [0.2, 0.25) is 0 Å². The van der Waals surface area contributed by atoms with Crippen LogP contribution in [0.3, 0.4) is 0 Å². The Kier molecular flexibility index (Phi) is 6.72. The van der Waals surface area contributed by atoms with Crippen LogP contribution in [0.15, 0.2) is 168 Å². The smallest absolute Gasteiger partial charge is 0.161 e. The summed E-state index contributed by atoms with van der Waals surface area (Å²) in [7, 11) is 0. The Bertz CT molecular complexity index is 3520. The Hall–Kier alpha value is -7.75. The van der Waals surface area contributed by atoms with E-state index >= 15 is 0 Å². The number of allylic oxidation sites excluding steroid dienone is 1. The lowest BCUT2D eigenvalue weighted by Crippen LogP contribution is -2.10. The normalized spacial score (nSPS) is 14.0. The molecule has 4 heterocycles. The molecule has 0 bridgehead atoms. The van der Waals surface area contributed by atoms with Crippen molar-refractivity contribution in [1.82, 2.24) is 19.1 Å². The molecular formula is C51H31N5O. The standard InChI is InChI=1S/C51H31N5O/c52-30-43-39-12-1-5-15-42(39)53-51(54-43)31-20-23-33(24-21-31)55-45-17-7-3-13-40(45)50-35(14-9-18-46(50)55)32-22-26-37-36-10-2-6-16-44(36)56(47(37)28-32)34-25-27-49-41(29-34)38-11-4-8-19-48(38)57-49/h1-27,29,32H,28H2. The molecule has 6 heteroatoms. The van der Waals surface area contributed by atoms with Crippen molar-refractivity contribution in [3.63, 3.8) is 0 Å². The van der Waals surface area contributed by atoms with Crippen LogP contribution in [0.4, 0.5) is 0 Å². The Morgan fingerprint density at radius 3 is 2.11 bits per heavy atom. The highest BCUT2D eigenvalue weighted by Crippen LogP contribution is 2.43. The van der Waals surface area contributed by atoms with Gasteiger partial charge in [-0.1, -0.05) is 91.0 Å². The van der Waals surface area contributed by atoms with Gasteiger partial charge in [-0.15, -0.1) is 0 Å². The summed E-state index contributed by atoms with van der Waals surface area (Å²) in [4.78, 5) is 9.44. The van der Waals surface area contributed by atoms with Gasteiger partial charge in [0.25, 0.3) is 0 Å². The van der Waals surface area contributed by atoms with E-state index in [1.54, 1.807) is 0 Å². The third kappa shape index (κ3) is 4.70. The summed E-state index contributed by atoms with van der Waals surface area (Å²) < 4.78 is 11.0. The van der Waals surface area contributed by atoms with Crippen molar-refractivity contribution in [1.29, 1.82) is 5.26 Å². The van der Waals surface area contributed by atoms with Crippen LogP contribution in [-0.4, -0.2) is 19.1 Å².